The lowest BCUT2D eigenvalue weighted by Crippen LogP contribution is -2.36. The van der Waals surface area contributed by atoms with Gasteiger partial charge in [0.05, 0.1) is 33.0 Å². The van der Waals surface area contributed by atoms with Crippen molar-refractivity contribution in [2.45, 2.75) is 84.3 Å². The molecule has 0 radical (unpaired) electrons. The summed E-state index contributed by atoms with van der Waals surface area (Å²) in [6.45, 7) is 19.3. The van der Waals surface area contributed by atoms with E-state index in [4.69, 9.17) is 18.9 Å². The minimum Gasteiger partial charge on any atom is -0.450 e. The van der Waals surface area contributed by atoms with E-state index < -0.39 is 6.09 Å². The maximum atomic E-state index is 11.9. The molecule has 11 heteroatoms. The summed E-state index contributed by atoms with van der Waals surface area (Å²) in [5, 5.41) is 8.25. The molecule has 9 nitrogen and oxygen atoms in total. The van der Waals surface area contributed by atoms with Gasteiger partial charge in [0.15, 0.2) is 0 Å². The molecule has 1 atom stereocenters. The van der Waals surface area contributed by atoms with Gasteiger partial charge in [0.25, 0.3) is 0 Å². The largest absolute Gasteiger partial charge is 0.450 e. The number of amides is 3. The molecule has 0 aromatic rings. The molecule has 0 aliphatic rings. The van der Waals surface area contributed by atoms with Gasteiger partial charge in [-0.05, 0) is 52.4 Å². The molecule has 0 heterocycles. The molecule has 0 saturated carbocycles. The van der Waals surface area contributed by atoms with Crippen molar-refractivity contribution in [1.29, 1.82) is 0 Å². The van der Waals surface area contributed by atoms with Crippen LogP contribution in [0.1, 0.15) is 74.1 Å². The molecule has 39 heavy (non-hydrogen) atoms. The number of rotatable bonds is 22. The highest BCUT2D eigenvalue weighted by Crippen LogP contribution is 2.40. The van der Waals surface area contributed by atoms with E-state index in [0.29, 0.717) is 64.5 Å². The summed E-state index contributed by atoms with van der Waals surface area (Å²) in [6.07, 6.45) is 3.06. The van der Waals surface area contributed by atoms with Gasteiger partial charge >= 0.3 is 12.1 Å². The molecule has 0 saturated heterocycles. The number of hydrogen-bond acceptors (Lipinski definition) is 8. The molecule has 0 bridgehead atoms. The van der Waals surface area contributed by atoms with E-state index >= 15 is 0 Å². The van der Waals surface area contributed by atoms with E-state index in [0.717, 1.165) is 32.3 Å². The molecule has 3 amide bonds. The Bertz CT molecular complexity index is 699. The van der Waals surface area contributed by atoms with Gasteiger partial charge in [0, 0.05) is 37.0 Å². The van der Waals surface area contributed by atoms with Crippen LogP contribution in [0.5, 0.6) is 0 Å². The zero-order chi connectivity index (χ0) is 29.4. The van der Waals surface area contributed by atoms with E-state index in [2.05, 4.69) is 55.5 Å². The number of hydrogen-bond donors (Lipinski definition) is 3. The van der Waals surface area contributed by atoms with Crippen LogP contribution in [0, 0.1) is 23.7 Å². The molecule has 0 spiro atoms. The van der Waals surface area contributed by atoms with Crippen LogP contribution in [0.25, 0.3) is 0 Å². The topological polar surface area (TPSA) is 107 Å². The molecular weight excluding hydrogens is 538 g/mol. The number of unbranched alkanes of at least 4 members (excludes halogenated alkanes) is 1. The van der Waals surface area contributed by atoms with Crippen molar-refractivity contribution in [2.75, 3.05) is 59.3 Å². The Morgan fingerprint density at radius 3 is 2.26 bits per heavy atom. The average Bonchev–Trinajstić information content (AvgIpc) is 2.86. The van der Waals surface area contributed by atoms with E-state index in [-0.39, 0.29) is 16.2 Å². The average molecular weight is 592 g/mol. The first-order chi connectivity index (χ1) is 18.5. The van der Waals surface area contributed by atoms with Gasteiger partial charge in [0.2, 0.25) is 0 Å². The van der Waals surface area contributed by atoms with Gasteiger partial charge in [-0.1, -0.05) is 61.1 Å². The van der Waals surface area contributed by atoms with E-state index in [1.54, 1.807) is 21.6 Å². The van der Waals surface area contributed by atoms with Gasteiger partial charge in [-0.2, -0.15) is 0 Å². The summed E-state index contributed by atoms with van der Waals surface area (Å²) in [7, 11) is 3.40. The standard InChI is InChI=1S/C28H53N3O6S2/c1-23(2)11-10-15-30-26(32)29-14-8-9-17-36-25(5)38-39-28(6,7)13-19-37-27(33)31-16-20-35-22-21-34-18-12-24(3)4/h23-25H,8-9,12-22H2,1-7H3,(H,31,33)(H2,29,30,32). The van der Waals surface area contributed by atoms with Crippen LogP contribution in [0.3, 0.4) is 0 Å². The molecule has 228 valence electrons. The molecule has 3 N–H and O–H groups in total. The Hall–Kier alpha value is -1.32. The van der Waals surface area contributed by atoms with E-state index in [1.165, 1.54) is 0 Å². The molecule has 1 unspecified atom stereocenters. The fraction of sp³-hybridized carbons (Fsp3) is 0.857. The second-order valence-electron chi connectivity index (χ2n) is 10.4. The quantitative estimate of drug-likeness (QED) is 0.0661. The summed E-state index contributed by atoms with van der Waals surface area (Å²) in [5.41, 5.74) is 0.0369. The Labute approximate surface area is 245 Å². The first kappa shape index (κ1) is 37.7. The maximum Gasteiger partial charge on any atom is 0.407 e. The first-order valence-electron chi connectivity index (χ1n) is 14.0. The first-order valence-corrected chi connectivity index (χ1v) is 16.3. The van der Waals surface area contributed by atoms with Crippen LogP contribution < -0.4 is 16.0 Å². The summed E-state index contributed by atoms with van der Waals surface area (Å²) in [4.78, 5) is 23.5. The number of carbonyl (C=O) groups is 2. The van der Waals surface area contributed by atoms with Gasteiger partial charge < -0.3 is 34.9 Å². The smallest absolute Gasteiger partial charge is 0.407 e. The van der Waals surface area contributed by atoms with Crippen molar-refractivity contribution >= 4 is 33.7 Å². The third-order valence-electron chi connectivity index (χ3n) is 5.01. The number of urea groups is 1. The molecular formula is C28H53N3O6S2. The maximum absolute atomic E-state index is 11.9. The van der Waals surface area contributed by atoms with Gasteiger partial charge in [-0.15, -0.1) is 0 Å². The van der Waals surface area contributed by atoms with Gasteiger partial charge in [-0.25, -0.2) is 9.59 Å². The Morgan fingerprint density at radius 1 is 0.846 bits per heavy atom. The number of alkyl carbamates (subject to hydrolysis) is 1. The van der Waals surface area contributed by atoms with E-state index in [9.17, 15) is 9.59 Å². The third kappa shape index (κ3) is 28.0. The zero-order valence-electron chi connectivity index (χ0n) is 25.2. The lowest BCUT2D eigenvalue weighted by atomic mass is 10.1. The van der Waals surface area contributed by atoms with Crippen LogP contribution >= 0.6 is 21.6 Å². The summed E-state index contributed by atoms with van der Waals surface area (Å²) in [6, 6.07) is -0.194. The van der Waals surface area contributed by atoms with Crippen molar-refractivity contribution < 1.29 is 28.5 Å². The van der Waals surface area contributed by atoms with E-state index in [1.807, 2.05) is 20.8 Å². The van der Waals surface area contributed by atoms with Crippen LogP contribution in [0.15, 0.2) is 0 Å². The van der Waals surface area contributed by atoms with Gasteiger partial charge in [-0.3, -0.25) is 0 Å². The normalized spacial score (nSPS) is 12.1. The Balaban J connectivity index is 3.68. The number of nitrogens with one attached hydrogen (secondary N) is 3. The summed E-state index contributed by atoms with van der Waals surface area (Å²) in [5.74, 6) is 6.87. The molecule has 0 rings (SSSR count). The zero-order valence-corrected chi connectivity index (χ0v) is 26.8. The number of ether oxygens (including phenoxy) is 4. The highest BCUT2D eigenvalue weighted by molar-refractivity contribution is 8.77. The molecule has 0 aliphatic heterocycles. The van der Waals surface area contributed by atoms with Crippen molar-refractivity contribution in [3.05, 3.63) is 0 Å². The van der Waals surface area contributed by atoms with Crippen molar-refractivity contribution in [1.82, 2.24) is 16.0 Å². The van der Waals surface area contributed by atoms with Crippen molar-refractivity contribution in [3.8, 4) is 11.8 Å². The lowest BCUT2D eigenvalue weighted by molar-refractivity contribution is 0.0446. The Morgan fingerprint density at radius 2 is 1.56 bits per heavy atom. The SMILES string of the molecule is CC(C)C#CCNC(=O)NCCCCOC(C)SSC(C)(C)CCOC(=O)NCCOCCOCCC(C)C. The predicted molar refractivity (Wildman–Crippen MR) is 163 cm³/mol. The second-order valence-corrected chi connectivity index (χ2v) is 13.6. The van der Waals surface area contributed by atoms with Crippen LogP contribution in [-0.4, -0.2) is 81.6 Å². The minimum absolute atomic E-state index is 0.0369. The number of carbonyl (C=O) groups excluding carboxylic acids is 2. The molecule has 0 aromatic heterocycles. The second kappa shape index (κ2) is 24.5. The fourth-order valence-corrected chi connectivity index (χ4v) is 5.01. The van der Waals surface area contributed by atoms with Crippen LogP contribution in [0.2, 0.25) is 0 Å². The Kier molecular flexibility index (Phi) is 23.6. The highest BCUT2D eigenvalue weighted by atomic mass is 33.1. The van der Waals surface area contributed by atoms with Crippen LogP contribution in [0.4, 0.5) is 9.59 Å². The summed E-state index contributed by atoms with van der Waals surface area (Å²) < 4.78 is 22.0. The third-order valence-corrected chi connectivity index (χ3v) is 8.62. The molecule has 0 aliphatic carbocycles. The fourth-order valence-electron chi connectivity index (χ4n) is 2.69. The molecule has 0 aromatic carbocycles. The lowest BCUT2D eigenvalue weighted by Gasteiger charge is -2.24. The minimum atomic E-state index is -0.427. The van der Waals surface area contributed by atoms with Crippen molar-refractivity contribution in [2.24, 2.45) is 11.8 Å². The van der Waals surface area contributed by atoms with Gasteiger partial charge in [0.1, 0.15) is 5.44 Å². The monoisotopic (exact) mass is 591 g/mol. The predicted octanol–water partition coefficient (Wildman–Crippen LogP) is 5.44. The van der Waals surface area contributed by atoms with Crippen LogP contribution in [-0.2, 0) is 18.9 Å². The molecule has 0 fully saturated rings. The highest BCUT2D eigenvalue weighted by Gasteiger charge is 2.21. The van der Waals surface area contributed by atoms with Crippen molar-refractivity contribution in [3.63, 3.8) is 0 Å². The summed E-state index contributed by atoms with van der Waals surface area (Å²) >= 11 is 0.